The Hall–Kier alpha value is -3.28. The molecule has 1 aliphatic rings. The fourth-order valence-electron chi connectivity index (χ4n) is 2.67. The second kappa shape index (κ2) is 6.68. The summed E-state index contributed by atoms with van der Waals surface area (Å²) in [5.74, 6) is 1.17. The van der Waals surface area contributed by atoms with Gasteiger partial charge in [-0.05, 0) is 23.8 Å². The standard InChI is InChI=1S/C19H16N4O2/c24-17(9-8-14-5-2-1-3-6-14)23-12-16(13-23)19-21-18(22-25-19)15-7-4-10-20-11-15/h1-11,16H,12-13H2/b9-8+. The summed E-state index contributed by atoms with van der Waals surface area (Å²) in [6.07, 6.45) is 6.81. The average molecular weight is 332 g/mol. The Morgan fingerprint density at radius 2 is 2.00 bits per heavy atom. The molecule has 2 aromatic heterocycles. The minimum atomic E-state index is -0.00731. The lowest BCUT2D eigenvalue weighted by Crippen LogP contribution is -2.47. The second-order valence-corrected chi connectivity index (χ2v) is 5.88. The SMILES string of the molecule is O=C(/C=C/c1ccccc1)N1CC(c2nc(-c3cccnc3)no2)C1. The van der Waals surface area contributed by atoms with Crippen molar-refractivity contribution < 1.29 is 9.32 Å². The van der Waals surface area contributed by atoms with E-state index in [4.69, 9.17) is 4.52 Å². The van der Waals surface area contributed by atoms with Gasteiger partial charge in [0.15, 0.2) is 0 Å². The molecule has 25 heavy (non-hydrogen) atoms. The van der Waals surface area contributed by atoms with Crippen LogP contribution in [0.1, 0.15) is 17.4 Å². The molecule has 1 amide bonds. The van der Waals surface area contributed by atoms with E-state index in [2.05, 4.69) is 15.1 Å². The number of benzene rings is 1. The molecular weight excluding hydrogens is 316 g/mol. The topological polar surface area (TPSA) is 72.1 Å². The van der Waals surface area contributed by atoms with Crippen molar-refractivity contribution in [3.05, 3.63) is 72.4 Å². The molecule has 0 unspecified atom stereocenters. The van der Waals surface area contributed by atoms with Gasteiger partial charge in [-0.25, -0.2) is 0 Å². The van der Waals surface area contributed by atoms with E-state index in [1.807, 2.05) is 48.5 Å². The van der Waals surface area contributed by atoms with Gasteiger partial charge in [0.25, 0.3) is 0 Å². The fraction of sp³-hybridized carbons (Fsp3) is 0.158. The highest BCUT2D eigenvalue weighted by Crippen LogP contribution is 2.27. The summed E-state index contributed by atoms with van der Waals surface area (Å²) in [7, 11) is 0. The number of carbonyl (C=O) groups is 1. The third kappa shape index (κ3) is 3.33. The maximum Gasteiger partial charge on any atom is 0.246 e. The average Bonchev–Trinajstić information content (AvgIpc) is 3.10. The first-order valence-corrected chi connectivity index (χ1v) is 8.05. The highest BCUT2D eigenvalue weighted by atomic mass is 16.5. The molecule has 0 atom stereocenters. The van der Waals surface area contributed by atoms with E-state index in [1.54, 1.807) is 23.4 Å². The summed E-state index contributed by atoms with van der Waals surface area (Å²) in [6, 6.07) is 13.5. The van der Waals surface area contributed by atoms with Crippen LogP contribution in [0.25, 0.3) is 17.5 Å². The Labute approximate surface area is 144 Å². The molecule has 1 aliphatic heterocycles. The first-order valence-electron chi connectivity index (χ1n) is 8.05. The fourth-order valence-corrected chi connectivity index (χ4v) is 2.67. The summed E-state index contributed by atoms with van der Waals surface area (Å²) in [6.45, 7) is 1.18. The van der Waals surface area contributed by atoms with Crippen LogP contribution in [0.4, 0.5) is 0 Å². The van der Waals surface area contributed by atoms with Crippen molar-refractivity contribution in [3.63, 3.8) is 0 Å². The van der Waals surface area contributed by atoms with Crippen molar-refractivity contribution in [3.8, 4) is 11.4 Å². The first kappa shape index (κ1) is 15.3. The van der Waals surface area contributed by atoms with Gasteiger partial charge in [-0.15, -0.1) is 0 Å². The third-order valence-electron chi connectivity index (χ3n) is 4.12. The minimum absolute atomic E-state index is 0.00731. The molecule has 1 aromatic carbocycles. The van der Waals surface area contributed by atoms with Crippen molar-refractivity contribution in [1.82, 2.24) is 20.0 Å². The van der Waals surface area contributed by atoms with Gasteiger partial charge in [0.1, 0.15) is 0 Å². The minimum Gasteiger partial charge on any atom is -0.339 e. The van der Waals surface area contributed by atoms with Gasteiger partial charge in [-0.2, -0.15) is 4.98 Å². The Morgan fingerprint density at radius 1 is 1.16 bits per heavy atom. The third-order valence-corrected chi connectivity index (χ3v) is 4.12. The predicted molar refractivity (Wildman–Crippen MR) is 92.3 cm³/mol. The van der Waals surface area contributed by atoms with Gasteiger partial charge in [-0.1, -0.05) is 35.5 Å². The summed E-state index contributed by atoms with van der Waals surface area (Å²) >= 11 is 0. The van der Waals surface area contributed by atoms with Crippen LogP contribution in [0.3, 0.4) is 0 Å². The summed E-state index contributed by atoms with van der Waals surface area (Å²) in [5.41, 5.74) is 1.82. The van der Waals surface area contributed by atoms with Gasteiger partial charge < -0.3 is 9.42 Å². The Bertz CT molecular complexity index is 884. The lowest BCUT2D eigenvalue weighted by atomic mass is 10.00. The molecule has 0 spiro atoms. The quantitative estimate of drug-likeness (QED) is 0.687. The molecule has 3 heterocycles. The summed E-state index contributed by atoms with van der Waals surface area (Å²) in [4.78, 5) is 22.4. The van der Waals surface area contributed by atoms with Crippen molar-refractivity contribution >= 4 is 12.0 Å². The number of likely N-dealkylation sites (tertiary alicyclic amines) is 1. The normalized spacial score (nSPS) is 14.6. The second-order valence-electron chi connectivity index (χ2n) is 5.88. The van der Waals surface area contributed by atoms with Crippen LogP contribution < -0.4 is 0 Å². The zero-order valence-corrected chi connectivity index (χ0v) is 13.4. The lowest BCUT2D eigenvalue weighted by Gasteiger charge is -2.36. The molecule has 0 bridgehead atoms. The Kier molecular flexibility index (Phi) is 4.08. The van der Waals surface area contributed by atoms with Crippen LogP contribution >= 0.6 is 0 Å². The molecule has 6 heteroatoms. The van der Waals surface area contributed by atoms with E-state index in [0.29, 0.717) is 24.8 Å². The predicted octanol–water partition coefficient (Wildman–Crippen LogP) is 2.77. The molecule has 1 saturated heterocycles. The number of pyridine rings is 1. The molecule has 0 aliphatic carbocycles. The molecule has 3 aromatic rings. The van der Waals surface area contributed by atoms with E-state index in [1.165, 1.54) is 0 Å². The highest BCUT2D eigenvalue weighted by Gasteiger charge is 2.34. The molecule has 6 nitrogen and oxygen atoms in total. The smallest absolute Gasteiger partial charge is 0.246 e. The van der Waals surface area contributed by atoms with Crippen molar-refractivity contribution in [2.24, 2.45) is 0 Å². The molecule has 124 valence electrons. The van der Waals surface area contributed by atoms with Gasteiger partial charge in [-0.3, -0.25) is 9.78 Å². The van der Waals surface area contributed by atoms with Crippen molar-refractivity contribution in [2.45, 2.75) is 5.92 Å². The maximum atomic E-state index is 12.2. The molecule has 0 saturated carbocycles. The molecule has 1 fully saturated rings. The van der Waals surface area contributed by atoms with Crippen LogP contribution in [0, 0.1) is 0 Å². The highest BCUT2D eigenvalue weighted by molar-refractivity contribution is 5.92. The monoisotopic (exact) mass is 332 g/mol. The number of aromatic nitrogens is 3. The van der Waals surface area contributed by atoms with Crippen LogP contribution in [-0.2, 0) is 4.79 Å². The Morgan fingerprint density at radius 3 is 2.76 bits per heavy atom. The van der Waals surface area contributed by atoms with Gasteiger partial charge in [0, 0.05) is 37.1 Å². The number of hydrogen-bond donors (Lipinski definition) is 0. The van der Waals surface area contributed by atoms with Crippen LogP contribution in [0.5, 0.6) is 0 Å². The first-order chi connectivity index (χ1) is 12.3. The van der Waals surface area contributed by atoms with Gasteiger partial charge in [0.2, 0.25) is 17.6 Å². The van der Waals surface area contributed by atoms with Crippen LogP contribution in [-0.4, -0.2) is 39.0 Å². The number of hydrogen-bond acceptors (Lipinski definition) is 5. The number of nitrogens with zero attached hydrogens (tertiary/aromatic N) is 4. The Balaban J connectivity index is 1.35. The zero-order valence-electron chi connectivity index (χ0n) is 13.4. The van der Waals surface area contributed by atoms with E-state index in [9.17, 15) is 4.79 Å². The van der Waals surface area contributed by atoms with E-state index >= 15 is 0 Å². The number of rotatable bonds is 4. The van der Waals surface area contributed by atoms with Gasteiger partial charge >= 0.3 is 0 Å². The molecular formula is C19H16N4O2. The van der Waals surface area contributed by atoms with Crippen LogP contribution in [0.2, 0.25) is 0 Å². The van der Waals surface area contributed by atoms with E-state index in [0.717, 1.165) is 11.1 Å². The van der Waals surface area contributed by atoms with Crippen molar-refractivity contribution in [2.75, 3.05) is 13.1 Å². The maximum absolute atomic E-state index is 12.2. The van der Waals surface area contributed by atoms with E-state index < -0.39 is 0 Å². The number of carbonyl (C=O) groups excluding carboxylic acids is 1. The molecule has 0 radical (unpaired) electrons. The molecule has 4 rings (SSSR count). The van der Waals surface area contributed by atoms with Gasteiger partial charge in [0.05, 0.1) is 5.92 Å². The summed E-state index contributed by atoms with van der Waals surface area (Å²) in [5, 5.41) is 3.99. The molecule has 0 N–H and O–H groups in total. The van der Waals surface area contributed by atoms with Crippen LogP contribution in [0.15, 0.2) is 65.5 Å². The number of amides is 1. The lowest BCUT2D eigenvalue weighted by molar-refractivity contribution is -0.130. The summed E-state index contributed by atoms with van der Waals surface area (Å²) < 4.78 is 5.34. The largest absolute Gasteiger partial charge is 0.339 e. The zero-order chi connectivity index (χ0) is 17.1. The van der Waals surface area contributed by atoms with Crippen molar-refractivity contribution in [1.29, 1.82) is 0 Å². The van der Waals surface area contributed by atoms with E-state index in [-0.39, 0.29) is 11.8 Å².